The molecule has 0 nitrogen and oxygen atoms in total. The first-order chi connectivity index (χ1) is 51.0. The van der Waals surface area contributed by atoms with E-state index in [1.807, 2.05) is 24.3 Å². The van der Waals surface area contributed by atoms with Crippen molar-refractivity contribution in [3.63, 3.8) is 0 Å². The Labute approximate surface area is 740 Å². The van der Waals surface area contributed by atoms with Crippen LogP contribution < -0.4 is 24.8 Å². The third-order valence-electron chi connectivity index (χ3n) is 21.8. The van der Waals surface area contributed by atoms with E-state index in [-0.39, 0.29) is 89.8 Å². The molecule has 608 valence electrons. The van der Waals surface area contributed by atoms with Gasteiger partial charge in [0.1, 0.15) is 0 Å². The zero-order valence-electron chi connectivity index (χ0n) is 77.8. The van der Waals surface area contributed by atoms with Crippen molar-refractivity contribution >= 4 is 6.41 Å². The van der Waals surface area contributed by atoms with E-state index >= 15 is 0 Å². The molecule has 4 heteroatoms. The molecular formula is C110H144Cl2Zr2-2. The predicted molar refractivity (Wildman–Crippen MR) is 487 cm³/mol. The van der Waals surface area contributed by atoms with Crippen LogP contribution in [-0.4, -0.2) is 6.41 Å². The molecule has 0 radical (unpaired) electrons. The summed E-state index contributed by atoms with van der Waals surface area (Å²) >= 11 is 2.92. The maximum Gasteiger partial charge on any atom is -0.109 e. The van der Waals surface area contributed by atoms with Crippen molar-refractivity contribution < 1.29 is 73.3 Å². The van der Waals surface area contributed by atoms with E-state index in [1.54, 1.807) is 0 Å². The van der Waals surface area contributed by atoms with Gasteiger partial charge >= 0.3 is 301 Å². The second-order valence-electron chi connectivity index (χ2n) is 44.4. The van der Waals surface area contributed by atoms with E-state index in [2.05, 4.69) is 419 Å². The molecule has 4 aliphatic rings. The Morgan fingerprint density at radius 2 is 0.465 bits per heavy atom. The first kappa shape index (κ1) is 99.4. The number of hydrogen-bond donors (Lipinski definition) is 0. The summed E-state index contributed by atoms with van der Waals surface area (Å²) in [7, 11) is 0. The predicted octanol–water partition coefficient (Wildman–Crippen LogP) is 23.9. The topological polar surface area (TPSA) is 0 Å². The molecule has 0 unspecified atom stereocenters. The Balaban J connectivity index is 0.000000260. The van der Waals surface area contributed by atoms with Crippen molar-refractivity contribution in [1.82, 2.24) is 0 Å². The average Bonchev–Trinajstić information content (AvgIpc) is 1.57. The van der Waals surface area contributed by atoms with Gasteiger partial charge in [-0.05, 0) is 78.7 Å². The van der Waals surface area contributed by atoms with Crippen molar-refractivity contribution in [2.75, 3.05) is 0 Å². The molecule has 0 fully saturated rings. The standard InChI is InChI=1S/2C29H41.2C21H26.2C5H5.2ClH.2Zr/c2*1-26(2,3)22-14-18-13-19-15-23(27(4,5)6)25(29(10,11)12)17-21(19)20(18)16-24(22)28(7,8)9;2*1-20(2,3)18-11-7-16(8-12-18)15-17-9-13-19(14-10-17)21(4,5)6;2*1-2-4-5-3-1;;;;/h2*14,16-17H,13H2,1-12H3;2*7-14H,1-6H3;2*1-3H,4H2;2*1H;;/q2*-1;;;2*-1;;;2*+2/p-2. The van der Waals surface area contributed by atoms with Crippen LogP contribution in [0.25, 0.3) is 22.3 Å². The van der Waals surface area contributed by atoms with E-state index in [9.17, 15) is 0 Å². The molecule has 0 atom stereocenters. The number of allylic oxidation sites excluding steroid dienone is 8. The van der Waals surface area contributed by atoms with E-state index in [0.29, 0.717) is 0 Å². The van der Waals surface area contributed by atoms with Crippen LogP contribution in [0, 0.1) is 24.3 Å². The molecular weight excluding hydrogens is 1570 g/mol. The van der Waals surface area contributed by atoms with Crippen molar-refractivity contribution in [2.45, 2.75) is 340 Å². The Morgan fingerprint density at radius 1 is 0.254 bits per heavy atom. The van der Waals surface area contributed by atoms with Gasteiger partial charge in [0.2, 0.25) is 0 Å². The van der Waals surface area contributed by atoms with Gasteiger partial charge in [0.05, 0.1) is 0 Å². The van der Waals surface area contributed by atoms with Crippen LogP contribution in [0.1, 0.15) is 373 Å². The SMILES string of the molecule is CC(C)(C)c1[c-]c2c(cc1C(C)(C)C)-c1cc(C(C)(C)C)c(C(C)(C)C)cc1C2.CC(C)(C)c1[c-]c2c(cc1C(C)(C)C)-c1cc(C(C)(C)C)c(C(C)(C)C)cc1C2.CC(C)(C)c1ccc([C](=[Zr+2])c2ccc(C(C)(C)C)cc2)cc1.CC(C)(C)c1ccc([C](=[Zr+2])c2ccc(C(C)(C)C)cc2)cc1.[C-]1=CC=CC1.[C-]1=CC=CC1.[Cl-].[Cl-]. The van der Waals surface area contributed by atoms with Crippen LogP contribution in [0.4, 0.5) is 0 Å². The van der Waals surface area contributed by atoms with E-state index in [1.165, 1.54) is 188 Å². The van der Waals surface area contributed by atoms with E-state index in [0.717, 1.165) is 25.7 Å². The normalized spacial score (nSPS) is 13.8. The second-order valence-corrected chi connectivity index (χ2v) is 46.9. The number of benzene rings is 8. The van der Waals surface area contributed by atoms with Crippen molar-refractivity contribution in [3.8, 4) is 22.3 Å². The summed E-state index contributed by atoms with van der Waals surface area (Å²) in [5.41, 5.74) is 35.7. The quantitative estimate of drug-likeness (QED) is 0.154. The number of hydrogen-bond acceptors (Lipinski definition) is 0. The first-order valence-corrected chi connectivity index (χ1v) is 44.1. The molecule has 8 aromatic carbocycles. The molecule has 0 heterocycles. The average molecular weight is 1720 g/mol. The minimum atomic E-state index is 0. The van der Waals surface area contributed by atoms with Crippen LogP contribution in [0.3, 0.4) is 0 Å². The summed E-state index contributed by atoms with van der Waals surface area (Å²) in [6.07, 6.45) is 22.0. The molecule has 0 aliphatic heterocycles. The van der Waals surface area contributed by atoms with Gasteiger partial charge in [-0.2, -0.15) is 47.5 Å². The summed E-state index contributed by atoms with van der Waals surface area (Å²) in [5, 5.41) is 0. The molecule has 8 aromatic rings. The summed E-state index contributed by atoms with van der Waals surface area (Å²) in [5.74, 6) is 0. The van der Waals surface area contributed by atoms with Gasteiger partial charge in [0, 0.05) is 0 Å². The molecule has 4 aliphatic carbocycles. The van der Waals surface area contributed by atoms with Gasteiger partial charge in [-0.1, -0.05) is 212 Å². The van der Waals surface area contributed by atoms with Crippen LogP contribution in [-0.2, 0) is 126 Å². The molecule has 0 saturated carbocycles. The largest absolute Gasteiger partial charge is 1.00 e. The number of halogens is 2. The van der Waals surface area contributed by atoms with Crippen molar-refractivity contribution in [1.29, 1.82) is 0 Å². The minimum absolute atomic E-state index is 0. The third-order valence-corrected chi connectivity index (χ3v) is 24.6. The summed E-state index contributed by atoms with van der Waals surface area (Å²) in [6, 6.07) is 59.0. The van der Waals surface area contributed by atoms with E-state index < -0.39 is 0 Å². The fourth-order valence-electron chi connectivity index (χ4n) is 14.8. The Hall–Kier alpha value is -5.19. The van der Waals surface area contributed by atoms with Crippen LogP contribution in [0.5, 0.6) is 0 Å². The van der Waals surface area contributed by atoms with Gasteiger partial charge in [-0.3, -0.25) is 12.2 Å². The van der Waals surface area contributed by atoms with E-state index in [4.69, 9.17) is 0 Å². The Kier molecular flexibility index (Phi) is 32.8. The van der Waals surface area contributed by atoms with Crippen LogP contribution >= 0.6 is 0 Å². The molecule has 0 aromatic heterocycles. The molecule has 0 amide bonds. The molecule has 0 spiro atoms. The van der Waals surface area contributed by atoms with Crippen molar-refractivity contribution in [2.24, 2.45) is 0 Å². The molecule has 114 heavy (non-hydrogen) atoms. The maximum absolute atomic E-state index is 3.90. The summed E-state index contributed by atoms with van der Waals surface area (Å²) in [6.45, 7) is 83.1. The zero-order valence-corrected chi connectivity index (χ0v) is 84.2. The molecule has 12 rings (SSSR count). The van der Waals surface area contributed by atoms with Gasteiger partial charge < -0.3 is 24.8 Å². The van der Waals surface area contributed by atoms with Crippen LogP contribution in [0.2, 0.25) is 0 Å². The summed E-state index contributed by atoms with van der Waals surface area (Å²) < 4.78 is 2.85. The van der Waals surface area contributed by atoms with Gasteiger partial charge in [-0.15, -0.1) is 46.2 Å². The number of fused-ring (bicyclic) bond motifs is 6. The molecule has 0 bridgehead atoms. The monoisotopic (exact) mass is 1710 g/mol. The zero-order chi connectivity index (χ0) is 84.5. The van der Waals surface area contributed by atoms with Crippen LogP contribution in [0.15, 0.2) is 170 Å². The fraction of sp³-hybridized carbons (Fsp3) is 0.473. The third kappa shape index (κ3) is 26.4. The Bertz CT molecular complexity index is 4130. The summed E-state index contributed by atoms with van der Waals surface area (Å²) in [4.78, 5) is 0. The Morgan fingerprint density at radius 3 is 0.632 bits per heavy atom. The van der Waals surface area contributed by atoms with Gasteiger partial charge in [0.15, 0.2) is 0 Å². The fourth-order valence-corrected chi connectivity index (χ4v) is 16.4. The minimum Gasteiger partial charge on any atom is -1.00 e. The molecule has 0 saturated heterocycles. The smallest absolute Gasteiger partial charge is 0.109 e. The second kappa shape index (κ2) is 37.6. The number of rotatable bonds is 4. The maximum atomic E-state index is 3.90. The van der Waals surface area contributed by atoms with Crippen molar-refractivity contribution in [3.05, 3.63) is 305 Å². The van der Waals surface area contributed by atoms with Gasteiger partial charge in [-0.25, -0.2) is 24.3 Å². The first-order valence-electron chi connectivity index (χ1n) is 41.6. The molecule has 0 N–H and O–H groups in total. The van der Waals surface area contributed by atoms with Gasteiger partial charge in [0.25, 0.3) is 0 Å².